The first kappa shape index (κ1) is 23.2. The lowest BCUT2D eigenvalue weighted by molar-refractivity contribution is 0.289. The van der Waals surface area contributed by atoms with Gasteiger partial charge in [-0.15, -0.1) is 24.0 Å². The molecule has 0 amide bonds. The maximum atomic E-state index is 4.88. The van der Waals surface area contributed by atoms with Crippen molar-refractivity contribution >= 4 is 29.9 Å². The molecule has 0 spiro atoms. The van der Waals surface area contributed by atoms with Crippen LogP contribution in [0.15, 0.2) is 4.99 Å². The van der Waals surface area contributed by atoms with Crippen LogP contribution in [-0.4, -0.2) is 34.9 Å². The second-order valence-electron chi connectivity index (χ2n) is 7.88. The number of halogens is 1. The summed E-state index contributed by atoms with van der Waals surface area (Å²) in [6.07, 6.45) is 6.38. The Balaban J connectivity index is 0.00000338. The van der Waals surface area contributed by atoms with Gasteiger partial charge < -0.3 is 10.6 Å². The van der Waals surface area contributed by atoms with Crippen LogP contribution < -0.4 is 10.6 Å². The zero-order chi connectivity index (χ0) is 18.4. The van der Waals surface area contributed by atoms with Gasteiger partial charge in [-0.05, 0) is 64.4 Å². The number of guanidine groups is 1. The molecule has 6 heteroatoms. The third-order valence-electron chi connectivity index (χ3n) is 5.45. The molecule has 0 aromatic carbocycles. The lowest BCUT2D eigenvalue weighted by atomic mass is 9.82. The molecule has 150 valence electrons. The van der Waals surface area contributed by atoms with Gasteiger partial charge in [-0.25, -0.2) is 0 Å². The Hall–Kier alpha value is -0.790. The fraction of sp³-hybridized carbons (Fsp3) is 0.800. The Morgan fingerprint density at radius 3 is 2.65 bits per heavy atom. The first-order chi connectivity index (χ1) is 11.9. The first-order valence-corrected chi connectivity index (χ1v) is 9.94. The molecule has 1 aromatic heterocycles. The molecule has 2 rings (SSSR count). The quantitative estimate of drug-likeness (QED) is 0.372. The van der Waals surface area contributed by atoms with E-state index in [-0.39, 0.29) is 24.0 Å². The molecule has 3 atom stereocenters. The topological polar surface area (TPSA) is 54.2 Å². The van der Waals surface area contributed by atoms with Gasteiger partial charge in [-0.2, -0.15) is 5.10 Å². The highest BCUT2D eigenvalue weighted by Gasteiger charge is 2.19. The van der Waals surface area contributed by atoms with Gasteiger partial charge in [0, 0.05) is 31.9 Å². The summed E-state index contributed by atoms with van der Waals surface area (Å²) in [5.41, 5.74) is 3.73. The van der Waals surface area contributed by atoms with Gasteiger partial charge >= 0.3 is 0 Å². The number of nitrogens with zero attached hydrogens (tertiary/aromatic N) is 3. The highest BCUT2D eigenvalue weighted by molar-refractivity contribution is 14.0. The van der Waals surface area contributed by atoms with E-state index in [1.54, 1.807) is 0 Å². The Morgan fingerprint density at radius 2 is 2.08 bits per heavy atom. The molecule has 1 aliphatic carbocycles. The fourth-order valence-corrected chi connectivity index (χ4v) is 3.97. The molecule has 26 heavy (non-hydrogen) atoms. The van der Waals surface area contributed by atoms with E-state index in [1.807, 2.05) is 11.7 Å². The molecule has 2 N–H and O–H groups in total. The minimum Gasteiger partial charge on any atom is -0.357 e. The van der Waals surface area contributed by atoms with E-state index < -0.39 is 0 Å². The van der Waals surface area contributed by atoms with Crippen molar-refractivity contribution in [2.75, 3.05) is 13.1 Å². The normalized spacial score (nSPS) is 21.8. The average Bonchev–Trinajstić information content (AvgIpc) is 2.79. The second kappa shape index (κ2) is 11.1. The zero-order valence-corrected chi connectivity index (χ0v) is 19.8. The Morgan fingerprint density at radius 1 is 1.35 bits per heavy atom. The van der Waals surface area contributed by atoms with Crippen LogP contribution >= 0.6 is 24.0 Å². The highest BCUT2D eigenvalue weighted by Crippen LogP contribution is 2.28. The maximum Gasteiger partial charge on any atom is 0.191 e. The molecule has 1 heterocycles. The number of rotatable bonds is 6. The Bertz CT molecular complexity index is 581. The van der Waals surface area contributed by atoms with Crippen molar-refractivity contribution in [2.45, 2.75) is 72.8 Å². The van der Waals surface area contributed by atoms with Crippen molar-refractivity contribution in [3.8, 4) is 0 Å². The molecule has 1 saturated carbocycles. The van der Waals surface area contributed by atoms with Crippen molar-refractivity contribution < 1.29 is 0 Å². The monoisotopic (exact) mass is 475 g/mol. The summed E-state index contributed by atoms with van der Waals surface area (Å²) in [5.74, 6) is 2.56. The van der Waals surface area contributed by atoms with Crippen LogP contribution in [0.5, 0.6) is 0 Å². The van der Waals surface area contributed by atoms with E-state index >= 15 is 0 Å². The molecule has 3 unspecified atom stereocenters. The summed E-state index contributed by atoms with van der Waals surface area (Å²) < 4.78 is 1.97. The number of aromatic nitrogens is 2. The SMILES string of the molecule is CCNC(=NCC1CCCC(C)C1)NC(C)Cc1c(C)nn(C)c1C.I. The molecule has 0 radical (unpaired) electrons. The third kappa shape index (κ3) is 6.74. The number of aliphatic imine (C=N–C) groups is 1. The van der Waals surface area contributed by atoms with Crippen molar-refractivity contribution in [1.82, 2.24) is 20.4 Å². The van der Waals surface area contributed by atoms with Gasteiger partial charge in [0.05, 0.1) is 5.69 Å². The van der Waals surface area contributed by atoms with Gasteiger partial charge in [0.1, 0.15) is 0 Å². The summed E-state index contributed by atoms with van der Waals surface area (Å²) in [6, 6.07) is 0.324. The molecule has 0 aliphatic heterocycles. The standard InChI is InChI=1S/C20H37N5.HI/c1-7-21-20(22-13-18-10-8-9-14(2)11-18)23-15(3)12-19-16(4)24-25(6)17(19)5;/h14-15,18H,7-13H2,1-6H3,(H2,21,22,23);1H. The van der Waals surface area contributed by atoms with E-state index in [2.05, 4.69) is 50.4 Å². The lowest BCUT2D eigenvalue weighted by Gasteiger charge is -2.26. The summed E-state index contributed by atoms with van der Waals surface area (Å²) >= 11 is 0. The summed E-state index contributed by atoms with van der Waals surface area (Å²) in [4.78, 5) is 4.88. The van der Waals surface area contributed by atoms with E-state index in [0.29, 0.717) is 6.04 Å². The molecule has 1 aliphatic rings. The average molecular weight is 475 g/mol. The fourth-order valence-electron chi connectivity index (χ4n) is 3.97. The lowest BCUT2D eigenvalue weighted by Crippen LogP contribution is -2.43. The van der Waals surface area contributed by atoms with Crippen LogP contribution in [-0.2, 0) is 13.5 Å². The van der Waals surface area contributed by atoms with Gasteiger partial charge in [-0.1, -0.05) is 19.8 Å². The van der Waals surface area contributed by atoms with Gasteiger partial charge in [0.15, 0.2) is 5.96 Å². The van der Waals surface area contributed by atoms with E-state index in [9.17, 15) is 0 Å². The number of hydrogen-bond donors (Lipinski definition) is 2. The first-order valence-electron chi connectivity index (χ1n) is 9.94. The van der Waals surface area contributed by atoms with Crippen LogP contribution in [0.25, 0.3) is 0 Å². The molecule has 0 bridgehead atoms. The smallest absolute Gasteiger partial charge is 0.191 e. The molecular weight excluding hydrogens is 437 g/mol. The van der Waals surface area contributed by atoms with Crippen molar-refractivity contribution in [3.05, 3.63) is 17.0 Å². The van der Waals surface area contributed by atoms with Crippen LogP contribution in [0.2, 0.25) is 0 Å². The van der Waals surface area contributed by atoms with Gasteiger partial charge in [0.25, 0.3) is 0 Å². The maximum absolute atomic E-state index is 4.88. The van der Waals surface area contributed by atoms with E-state index in [1.165, 1.54) is 36.9 Å². The van der Waals surface area contributed by atoms with Gasteiger partial charge in [-0.3, -0.25) is 9.67 Å². The second-order valence-corrected chi connectivity index (χ2v) is 7.88. The summed E-state index contributed by atoms with van der Waals surface area (Å²) in [6.45, 7) is 12.8. The number of aryl methyl sites for hydroxylation is 2. The van der Waals surface area contributed by atoms with Gasteiger partial charge in [0.2, 0.25) is 0 Å². The highest BCUT2D eigenvalue weighted by atomic mass is 127. The predicted molar refractivity (Wildman–Crippen MR) is 121 cm³/mol. The molecule has 5 nitrogen and oxygen atoms in total. The summed E-state index contributed by atoms with van der Waals surface area (Å²) in [7, 11) is 2.01. The Kier molecular flexibility index (Phi) is 9.97. The van der Waals surface area contributed by atoms with Crippen molar-refractivity contribution in [1.29, 1.82) is 0 Å². The molecule has 0 saturated heterocycles. The zero-order valence-electron chi connectivity index (χ0n) is 17.4. The molecule has 1 fully saturated rings. The molecule has 1 aromatic rings. The van der Waals surface area contributed by atoms with Crippen LogP contribution in [0, 0.1) is 25.7 Å². The minimum absolute atomic E-state index is 0. The third-order valence-corrected chi connectivity index (χ3v) is 5.45. The van der Waals surface area contributed by atoms with Crippen LogP contribution in [0.3, 0.4) is 0 Å². The van der Waals surface area contributed by atoms with Crippen LogP contribution in [0.4, 0.5) is 0 Å². The largest absolute Gasteiger partial charge is 0.357 e. The minimum atomic E-state index is 0. The van der Waals surface area contributed by atoms with Crippen molar-refractivity contribution in [3.63, 3.8) is 0 Å². The molecular formula is C20H38IN5. The van der Waals surface area contributed by atoms with Crippen molar-refractivity contribution in [2.24, 2.45) is 23.9 Å². The predicted octanol–water partition coefficient (Wildman–Crippen LogP) is 3.97. The summed E-state index contributed by atoms with van der Waals surface area (Å²) in [5, 5.41) is 11.5. The van der Waals surface area contributed by atoms with E-state index in [0.717, 1.165) is 43.0 Å². The number of hydrogen-bond acceptors (Lipinski definition) is 2. The van der Waals surface area contributed by atoms with E-state index in [4.69, 9.17) is 4.99 Å². The Labute approximate surface area is 176 Å². The van der Waals surface area contributed by atoms with Crippen LogP contribution in [0.1, 0.15) is 63.4 Å². The number of nitrogens with one attached hydrogen (secondary N) is 2.